The standard InChI is InChI=1S/C6H7BNO.C6H7BN.2CH3.2Y/c1-7-6-2-4-8(9)5-3-6;1-7-6-2-4-8-5-3-6;;;;/h2-5H,1H3;2-5H,1H3;2*1H3;;/q;;2*-1;;. The molecule has 2 aromatic heterocycles. The van der Waals surface area contributed by atoms with Gasteiger partial charge in [-0.25, -0.2) is 0 Å². The molecule has 4 radical (unpaired) electrons. The molecule has 0 spiro atoms. The zero-order valence-electron chi connectivity index (χ0n) is 13.2. The fourth-order valence-electron chi connectivity index (χ4n) is 1.17. The fraction of sp³-hybridized carbons (Fsp3) is 0.143. The predicted molar refractivity (Wildman–Crippen MR) is 85.0 cm³/mol. The Morgan fingerprint density at radius 1 is 0.857 bits per heavy atom. The minimum atomic E-state index is 0. The Bertz CT molecular complexity index is 431. The minimum Gasteiger partial charge on any atom is -0.619 e. The van der Waals surface area contributed by atoms with Crippen LogP contribution in [0.25, 0.3) is 0 Å². The van der Waals surface area contributed by atoms with E-state index in [0.29, 0.717) is 0 Å². The number of hydrogen-bond acceptors (Lipinski definition) is 2. The van der Waals surface area contributed by atoms with E-state index in [-0.39, 0.29) is 80.3 Å². The molecule has 0 aliphatic rings. The van der Waals surface area contributed by atoms with Gasteiger partial charge in [-0.3, -0.25) is 4.98 Å². The van der Waals surface area contributed by atoms with Crippen molar-refractivity contribution in [3.63, 3.8) is 0 Å². The molecule has 0 unspecified atom stereocenters. The van der Waals surface area contributed by atoms with Crippen molar-refractivity contribution < 1.29 is 70.1 Å². The maximum Gasteiger partial charge on any atom is 0.179 e. The van der Waals surface area contributed by atoms with Gasteiger partial charge >= 0.3 is 0 Å². The van der Waals surface area contributed by atoms with Gasteiger partial charge in [-0.05, 0) is 12.1 Å². The van der Waals surface area contributed by atoms with Gasteiger partial charge in [0.15, 0.2) is 12.4 Å². The van der Waals surface area contributed by atoms with Crippen molar-refractivity contribution in [3.8, 4) is 0 Å². The molecule has 2 aromatic rings. The monoisotopic (exact) mass is 432 g/mol. The van der Waals surface area contributed by atoms with Gasteiger partial charge in [0.25, 0.3) is 0 Å². The van der Waals surface area contributed by atoms with Crippen molar-refractivity contribution >= 4 is 25.5 Å². The van der Waals surface area contributed by atoms with Crippen LogP contribution in [-0.2, 0) is 65.4 Å². The average molecular weight is 432 g/mol. The molecule has 0 atom stereocenters. The third-order valence-electron chi connectivity index (χ3n) is 2.20. The van der Waals surface area contributed by atoms with Gasteiger partial charge in [-0.15, -0.1) is 0 Å². The SMILES string of the molecule is C[B]c1cc[n+]([O-])cc1.C[B]c1ccncc1.[CH3-].[CH3-].[Y].[Y]. The summed E-state index contributed by atoms with van der Waals surface area (Å²) in [7, 11) is 3.99. The average Bonchev–Trinajstić information content (AvgIpc) is 2.41. The Labute approximate surface area is 181 Å². The number of pyridine rings is 2. The Balaban J connectivity index is -0.000000116. The molecule has 3 nitrogen and oxygen atoms in total. The summed E-state index contributed by atoms with van der Waals surface area (Å²) >= 11 is 0. The molecule has 2 rings (SSSR count). The first-order valence-electron chi connectivity index (χ1n) is 5.44. The van der Waals surface area contributed by atoms with Gasteiger partial charge in [0.2, 0.25) is 0 Å². The second-order valence-electron chi connectivity index (χ2n) is 3.35. The summed E-state index contributed by atoms with van der Waals surface area (Å²) < 4.78 is 0.771. The molecule has 7 heteroatoms. The maximum absolute atomic E-state index is 10.4. The van der Waals surface area contributed by atoms with Gasteiger partial charge in [-0.2, -0.15) is 4.73 Å². The van der Waals surface area contributed by atoms with Crippen LogP contribution >= 0.6 is 0 Å². The molecule has 0 aliphatic carbocycles. The molecular formula is C14H20B2N2OY2-2. The van der Waals surface area contributed by atoms with E-state index in [9.17, 15) is 5.21 Å². The first-order chi connectivity index (χ1) is 8.26. The fourth-order valence-corrected chi connectivity index (χ4v) is 1.17. The molecule has 0 fully saturated rings. The van der Waals surface area contributed by atoms with Gasteiger partial charge in [-0.1, -0.05) is 36.7 Å². The summed E-state index contributed by atoms with van der Waals surface area (Å²) in [6.45, 7) is 3.94. The van der Waals surface area contributed by atoms with Gasteiger partial charge < -0.3 is 20.1 Å². The molecular weight excluding hydrogens is 412 g/mol. The molecule has 2 heterocycles. The first kappa shape index (κ1) is 29.4. The van der Waals surface area contributed by atoms with Gasteiger partial charge in [0.05, 0.1) is 0 Å². The zero-order chi connectivity index (χ0) is 12.5. The van der Waals surface area contributed by atoms with E-state index in [1.54, 1.807) is 24.5 Å². The molecule has 21 heavy (non-hydrogen) atoms. The van der Waals surface area contributed by atoms with Crippen LogP contribution in [0, 0.1) is 20.1 Å². The quantitative estimate of drug-likeness (QED) is 0.309. The van der Waals surface area contributed by atoms with Crippen molar-refractivity contribution in [2.75, 3.05) is 0 Å². The van der Waals surface area contributed by atoms with Crippen molar-refractivity contribution in [1.82, 2.24) is 4.98 Å². The predicted octanol–water partition coefficient (Wildman–Crippen LogP) is 1.05. The second kappa shape index (κ2) is 18.5. The molecule has 0 amide bonds. The van der Waals surface area contributed by atoms with Crippen LogP contribution in [-0.4, -0.2) is 19.5 Å². The van der Waals surface area contributed by atoms with E-state index in [4.69, 9.17) is 0 Å². The molecule has 0 bridgehead atoms. The van der Waals surface area contributed by atoms with E-state index >= 15 is 0 Å². The van der Waals surface area contributed by atoms with Gasteiger partial charge in [0, 0.05) is 77.8 Å². The van der Waals surface area contributed by atoms with E-state index in [0.717, 1.165) is 10.2 Å². The summed E-state index contributed by atoms with van der Waals surface area (Å²) in [5.41, 5.74) is 2.29. The van der Waals surface area contributed by atoms with Crippen molar-refractivity contribution in [1.29, 1.82) is 0 Å². The Kier molecular flexibility index (Phi) is 25.9. The Morgan fingerprint density at radius 3 is 1.57 bits per heavy atom. The van der Waals surface area contributed by atoms with E-state index in [1.165, 1.54) is 17.9 Å². The third-order valence-corrected chi connectivity index (χ3v) is 2.20. The first-order valence-corrected chi connectivity index (χ1v) is 5.44. The second-order valence-corrected chi connectivity index (χ2v) is 3.35. The molecule has 0 aliphatic heterocycles. The number of hydrogen-bond donors (Lipinski definition) is 0. The summed E-state index contributed by atoms with van der Waals surface area (Å²) in [5.74, 6) is 0. The van der Waals surface area contributed by atoms with Crippen LogP contribution in [0.1, 0.15) is 0 Å². The maximum atomic E-state index is 10.4. The van der Waals surface area contributed by atoms with Crippen LogP contribution in [0.15, 0.2) is 49.1 Å². The largest absolute Gasteiger partial charge is 0.619 e. The molecule has 0 saturated heterocycles. The number of nitrogens with zero attached hydrogens (tertiary/aromatic N) is 2. The van der Waals surface area contributed by atoms with Crippen molar-refractivity contribution in [3.05, 3.63) is 69.1 Å². The summed E-state index contributed by atoms with van der Waals surface area (Å²) in [6, 6.07) is 7.49. The van der Waals surface area contributed by atoms with E-state index < -0.39 is 0 Å². The van der Waals surface area contributed by atoms with Crippen LogP contribution in [0.4, 0.5) is 0 Å². The number of aromatic nitrogens is 2. The van der Waals surface area contributed by atoms with Crippen LogP contribution in [0.2, 0.25) is 13.6 Å². The zero-order valence-corrected chi connectivity index (χ0v) is 18.9. The van der Waals surface area contributed by atoms with Crippen molar-refractivity contribution in [2.45, 2.75) is 13.6 Å². The number of rotatable bonds is 2. The Hall–Kier alpha value is 0.438. The minimum absolute atomic E-state index is 0. The van der Waals surface area contributed by atoms with Crippen LogP contribution < -0.4 is 15.7 Å². The van der Waals surface area contributed by atoms with Crippen LogP contribution in [0.5, 0.6) is 0 Å². The summed E-state index contributed by atoms with van der Waals surface area (Å²) in [5, 5.41) is 10.4. The van der Waals surface area contributed by atoms with Crippen LogP contribution in [0.3, 0.4) is 0 Å². The summed E-state index contributed by atoms with van der Waals surface area (Å²) in [4.78, 5) is 3.87. The van der Waals surface area contributed by atoms with Gasteiger partial charge in [0.1, 0.15) is 14.6 Å². The molecule has 0 saturated carbocycles. The van der Waals surface area contributed by atoms with E-state index in [1.807, 2.05) is 40.3 Å². The third kappa shape index (κ3) is 13.8. The molecule has 0 aromatic carbocycles. The topological polar surface area (TPSA) is 39.8 Å². The molecule has 106 valence electrons. The smallest absolute Gasteiger partial charge is 0.179 e. The molecule has 0 N–H and O–H groups in total. The normalized spacial score (nSPS) is 7.14. The summed E-state index contributed by atoms with van der Waals surface area (Å²) in [6.07, 6.45) is 6.54. The van der Waals surface area contributed by atoms with E-state index in [2.05, 4.69) is 4.98 Å². The van der Waals surface area contributed by atoms with Crippen molar-refractivity contribution in [2.24, 2.45) is 0 Å². The Morgan fingerprint density at radius 2 is 1.24 bits per heavy atom.